The Balaban J connectivity index is 1.45. The zero-order valence-corrected chi connectivity index (χ0v) is 15.8. The molecule has 1 fully saturated rings. The first kappa shape index (κ1) is 17.9. The van der Waals surface area contributed by atoms with Crippen molar-refractivity contribution in [2.24, 2.45) is 0 Å². The number of nitrogens with one attached hydrogen (secondary N) is 1. The lowest BCUT2D eigenvalue weighted by atomic mass is 10.2. The summed E-state index contributed by atoms with van der Waals surface area (Å²) < 4.78 is 5.03. The highest BCUT2D eigenvalue weighted by Gasteiger charge is 2.24. The number of carbonyl (C=O) groups excluding carboxylic acids is 1. The van der Waals surface area contributed by atoms with Crippen molar-refractivity contribution in [3.05, 3.63) is 53.7 Å². The van der Waals surface area contributed by atoms with Crippen LogP contribution in [0.4, 0.5) is 17.6 Å². The van der Waals surface area contributed by atoms with E-state index in [0.717, 1.165) is 18.9 Å². The van der Waals surface area contributed by atoms with Crippen LogP contribution >= 0.6 is 0 Å². The van der Waals surface area contributed by atoms with E-state index in [1.54, 1.807) is 25.3 Å². The van der Waals surface area contributed by atoms with Gasteiger partial charge in [0.05, 0.1) is 0 Å². The molecule has 1 amide bonds. The normalized spacial score (nSPS) is 14.2. The highest BCUT2D eigenvalue weighted by molar-refractivity contribution is 5.93. The molecule has 0 spiro atoms. The Labute approximate surface area is 162 Å². The summed E-state index contributed by atoms with van der Waals surface area (Å²) in [6, 6.07) is 9.28. The molecule has 0 radical (unpaired) electrons. The van der Waals surface area contributed by atoms with E-state index in [9.17, 15) is 4.79 Å². The van der Waals surface area contributed by atoms with Crippen LogP contribution in [0.2, 0.25) is 0 Å². The molecule has 3 aromatic heterocycles. The van der Waals surface area contributed by atoms with Crippen molar-refractivity contribution in [1.82, 2.24) is 25.0 Å². The van der Waals surface area contributed by atoms with Crippen molar-refractivity contribution >= 4 is 23.5 Å². The van der Waals surface area contributed by atoms with E-state index in [1.807, 2.05) is 30.0 Å². The molecule has 4 heterocycles. The number of anilines is 3. The number of nitrogens with zero attached hydrogens (tertiary/aromatic N) is 6. The first-order chi connectivity index (χ1) is 13.6. The maximum atomic E-state index is 12.9. The Morgan fingerprint density at radius 1 is 1.11 bits per heavy atom. The van der Waals surface area contributed by atoms with Gasteiger partial charge in [-0.3, -0.25) is 4.79 Å². The van der Waals surface area contributed by atoms with Crippen LogP contribution in [0.25, 0.3) is 0 Å². The predicted molar refractivity (Wildman–Crippen MR) is 104 cm³/mol. The van der Waals surface area contributed by atoms with E-state index in [2.05, 4.69) is 30.3 Å². The zero-order valence-electron chi connectivity index (χ0n) is 15.8. The van der Waals surface area contributed by atoms with Gasteiger partial charge in [0.25, 0.3) is 5.91 Å². The summed E-state index contributed by atoms with van der Waals surface area (Å²) in [5.41, 5.74) is 1.06. The van der Waals surface area contributed by atoms with Gasteiger partial charge in [0.1, 0.15) is 17.3 Å². The van der Waals surface area contributed by atoms with Crippen LogP contribution in [0.1, 0.15) is 21.9 Å². The fourth-order valence-corrected chi connectivity index (χ4v) is 3.12. The lowest BCUT2D eigenvalue weighted by molar-refractivity contribution is 0.0740. The lowest BCUT2D eigenvalue weighted by Crippen LogP contribution is -2.49. The molecule has 0 atom stereocenters. The Morgan fingerprint density at radius 2 is 1.93 bits per heavy atom. The second-order valence-corrected chi connectivity index (χ2v) is 6.63. The number of pyridine rings is 1. The standard InChI is InChI=1S/C19H21N7O2/c1-13-11-15(22-19(21-13)23-16-12-14(2)28-24-16)18(27)26-9-7-25(8-10-26)17-5-3-4-6-20-17/h3-6,11-12H,7-10H2,1-2H3,(H,21,22,23,24). The minimum atomic E-state index is -0.106. The molecule has 1 aliphatic heterocycles. The predicted octanol–water partition coefficient (Wildman–Crippen LogP) is 2.18. The van der Waals surface area contributed by atoms with Gasteiger partial charge in [-0.2, -0.15) is 0 Å². The molecule has 4 rings (SSSR count). The third-order valence-corrected chi connectivity index (χ3v) is 4.48. The van der Waals surface area contributed by atoms with Gasteiger partial charge in [-0.05, 0) is 32.0 Å². The molecular weight excluding hydrogens is 358 g/mol. The number of aromatic nitrogens is 4. The lowest BCUT2D eigenvalue weighted by Gasteiger charge is -2.35. The van der Waals surface area contributed by atoms with E-state index >= 15 is 0 Å². The average molecular weight is 379 g/mol. The minimum absolute atomic E-state index is 0.106. The van der Waals surface area contributed by atoms with Crippen LogP contribution in [0.5, 0.6) is 0 Å². The smallest absolute Gasteiger partial charge is 0.272 e. The topological polar surface area (TPSA) is 100 Å². The van der Waals surface area contributed by atoms with Crippen molar-refractivity contribution in [3.63, 3.8) is 0 Å². The summed E-state index contributed by atoms with van der Waals surface area (Å²) in [6.07, 6.45) is 1.78. The Kier molecular flexibility index (Phi) is 4.88. The number of piperazine rings is 1. The van der Waals surface area contributed by atoms with E-state index in [-0.39, 0.29) is 5.91 Å². The number of carbonyl (C=O) groups is 1. The van der Waals surface area contributed by atoms with Gasteiger partial charge >= 0.3 is 0 Å². The second kappa shape index (κ2) is 7.63. The van der Waals surface area contributed by atoms with Crippen molar-refractivity contribution < 1.29 is 9.32 Å². The molecule has 1 saturated heterocycles. The van der Waals surface area contributed by atoms with Gasteiger partial charge in [0.2, 0.25) is 5.95 Å². The van der Waals surface area contributed by atoms with Crippen molar-refractivity contribution in [2.75, 3.05) is 36.4 Å². The van der Waals surface area contributed by atoms with E-state index in [4.69, 9.17) is 4.52 Å². The van der Waals surface area contributed by atoms with Crippen molar-refractivity contribution in [2.45, 2.75) is 13.8 Å². The molecule has 0 unspecified atom stereocenters. The highest BCUT2D eigenvalue weighted by atomic mass is 16.5. The summed E-state index contributed by atoms with van der Waals surface area (Å²) >= 11 is 0. The van der Waals surface area contributed by atoms with E-state index < -0.39 is 0 Å². The molecule has 0 bridgehead atoms. The number of rotatable bonds is 4. The van der Waals surface area contributed by atoms with Crippen LogP contribution in [0.3, 0.4) is 0 Å². The van der Waals surface area contributed by atoms with Gasteiger partial charge in [-0.1, -0.05) is 11.2 Å². The monoisotopic (exact) mass is 379 g/mol. The number of aryl methyl sites for hydroxylation is 2. The van der Waals surface area contributed by atoms with Crippen LogP contribution in [-0.4, -0.2) is 57.1 Å². The number of hydrogen-bond donors (Lipinski definition) is 1. The van der Waals surface area contributed by atoms with Gasteiger partial charge < -0.3 is 19.6 Å². The zero-order chi connectivity index (χ0) is 19.5. The summed E-state index contributed by atoms with van der Waals surface area (Å²) in [5.74, 6) is 2.33. The summed E-state index contributed by atoms with van der Waals surface area (Å²) in [5, 5.41) is 6.85. The quantitative estimate of drug-likeness (QED) is 0.736. The maximum absolute atomic E-state index is 12.9. The molecule has 0 aliphatic carbocycles. The molecule has 0 saturated carbocycles. The molecule has 9 nitrogen and oxygen atoms in total. The summed E-state index contributed by atoms with van der Waals surface area (Å²) in [4.78, 5) is 30.0. The van der Waals surface area contributed by atoms with Crippen molar-refractivity contribution in [3.8, 4) is 0 Å². The average Bonchev–Trinajstić information content (AvgIpc) is 3.12. The molecule has 144 valence electrons. The molecule has 0 aromatic carbocycles. The first-order valence-corrected chi connectivity index (χ1v) is 9.10. The largest absolute Gasteiger partial charge is 0.360 e. The summed E-state index contributed by atoms with van der Waals surface area (Å²) in [6.45, 7) is 6.32. The minimum Gasteiger partial charge on any atom is -0.360 e. The third-order valence-electron chi connectivity index (χ3n) is 4.48. The fraction of sp³-hybridized carbons (Fsp3) is 0.316. The van der Waals surface area contributed by atoms with E-state index in [0.29, 0.717) is 42.0 Å². The van der Waals surface area contributed by atoms with E-state index in [1.165, 1.54) is 0 Å². The molecule has 28 heavy (non-hydrogen) atoms. The SMILES string of the molecule is Cc1cc(C(=O)N2CCN(c3ccccn3)CC2)nc(Nc2cc(C)on2)n1. The second-order valence-electron chi connectivity index (χ2n) is 6.63. The van der Waals surface area contributed by atoms with Gasteiger partial charge in [-0.15, -0.1) is 0 Å². The molecule has 3 aromatic rings. The molecule has 9 heteroatoms. The highest BCUT2D eigenvalue weighted by Crippen LogP contribution is 2.17. The Bertz CT molecular complexity index is 965. The maximum Gasteiger partial charge on any atom is 0.272 e. The van der Waals surface area contributed by atoms with Crippen LogP contribution in [0, 0.1) is 13.8 Å². The first-order valence-electron chi connectivity index (χ1n) is 9.10. The summed E-state index contributed by atoms with van der Waals surface area (Å²) in [7, 11) is 0. The Hall–Kier alpha value is -3.49. The van der Waals surface area contributed by atoms with Crippen molar-refractivity contribution in [1.29, 1.82) is 0 Å². The van der Waals surface area contributed by atoms with Crippen LogP contribution in [0.15, 0.2) is 41.1 Å². The number of hydrogen-bond acceptors (Lipinski definition) is 8. The van der Waals surface area contributed by atoms with Gasteiger partial charge in [0.15, 0.2) is 5.82 Å². The van der Waals surface area contributed by atoms with Gasteiger partial charge in [0, 0.05) is 44.1 Å². The van der Waals surface area contributed by atoms with Crippen LogP contribution in [-0.2, 0) is 0 Å². The third kappa shape index (κ3) is 3.93. The Morgan fingerprint density at radius 3 is 2.61 bits per heavy atom. The fourth-order valence-electron chi connectivity index (χ4n) is 3.12. The molecular formula is C19H21N7O2. The van der Waals surface area contributed by atoms with Crippen LogP contribution < -0.4 is 10.2 Å². The number of amides is 1. The molecule has 1 aliphatic rings. The molecule has 1 N–H and O–H groups in total. The van der Waals surface area contributed by atoms with Gasteiger partial charge in [-0.25, -0.2) is 15.0 Å².